The average Bonchev–Trinajstić information content (AvgIpc) is 3.51. The summed E-state index contributed by atoms with van der Waals surface area (Å²) in [6.07, 6.45) is 2.49. The van der Waals surface area contributed by atoms with Crippen LogP contribution in [0.25, 0.3) is 0 Å². The number of benzene rings is 2. The van der Waals surface area contributed by atoms with Gasteiger partial charge in [0.1, 0.15) is 11.6 Å². The second-order valence-corrected chi connectivity index (χ2v) is 9.90. The predicted molar refractivity (Wildman–Crippen MR) is 145 cm³/mol. The van der Waals surface area contributed by atoms with E-state index in [1.165, 1.54) is 25.6 Å². The third-order valence-electron chi connectivity index (χ3n) is 5.99. The number of ether oxygens (including phenoxy) is 3. The van der Waals surface area contributed by atoms with Crippen molar-refractivity contribution < 1.29 is 28.6 Å². The zero-order valence-electron chi connectivity index (χ0n) is 21.1. The maximum Gasteiger partial charge on any atom is 0.341 e. The molecule has 0 saturated heterocycles. The van der Waals surface area contributed by atoms with Crippen molar-refractivity contribution in [2.45, 2.75) is 32.8 Å². The highest BCUT2D eigenvalue weighted by molar-refractivity contribution is 7.17. The van der Waals surface area contributed by atoms with Crippen molar-refractivity contribution >= 4 is 51.4 Å². The number of methoxy groups -OCH3 is 2. The fraction of sp³-hybridized carbons (Fsp3) is 0.259. The number of halogens is 1. The molecule has 1 aliphatic rings. The predicted octanol–water partition coefficient (Wildman–Crippen LogP) is 4.74. The first kappa shape index (κ1) is 27.2. The second-order valence-electron chi connectivity index (χ2n) is 8.39. The number of aryl methyl sites for hydroxylation is 1. The van der Waals surface area contributed by atoms with Crippen molar-refractivity contribution in [2.75, 3.05) is 19.5 Å². The van der Waals surface area contributed by atoms with Gasteiger partial charge in [0.25, 0.3) is 0 Å². The van der Waals surface area contributed by atoms with Gasteiger partial charge in [-0.3, -0.25) is 9.59 Å². The van der Waals surface area contributed by atoms with Crippen LogP contribution in [0.5, 0.6) is 11.5 Å². The quantitative estimate of drug-likeness (QED) is 0.179. The van der Waals surface area contributed by atoms with Crippen molar-refractivity contribution in [3.63, 3.8) is 0 Å². The highest BCUT2D eigenvalue weighted by atomic mass is 35.5. The summed E-state index contributed by atoms with van der Waals surface area (Å²) in [5.74, 6) is -1.47. The normalized spacial score (nSPS) is 12.5. The lowest BCUT2D eigenvalue weighted by Crippen LogP contribution is -2.33. The summed E-state index contributed by atoms with van der Waals surface area (Å²) in [4.78, 5) is 38.2. The number of carbonyl (C=O) groups excluding carboxylic acids is 3. The molecule has 11 heteroatoms. The molecule has 0 fully saturated rings. The first-order valence-electron chi connectivity index (χ1n) is 11.8. The van der Waals surface area contributed by atoms with Gasteiger partial charge in [0.05, 0.1) is 25.5 Å². The molecule has 0 unspecified atom stereocenters. The Labute approximate surface area is 228 Å². The molecule has 0 bridgehead atoms. The number of fused-ring (bicyclic) bond motifs is 1. The van der Waals surface area contributed by atoms with Crippen LogP contribution >= 0.6 is 22.9 Å². The van der Waals surface area contributed by atoms with Gasteiger partial charge in [-0.15, -0.1) is 11.3 Å². The molecule has 9 nitrogen and oxygen atoms in total. The van der Waals surface area contributed by atoms with E-state index < -0.39 is 17.8 Å². The van der Waals surface area contributed by atoms with Crippen LogP contribution in [-0.4, -0.2) is 37.7 Å². The summed E-state index contributed by atoms with van der Waals surface area (Å²) in [5, 5.41) is 7.48. The van der Waals surface area contributed by atoms with Crippen LogP contribution in [0, 0.1) is 0 Å². The zero-order chi connectivity index (χ0) is 27.2. The van der Waals surface area contributed by atoms with E-state index in [1.807, 2.05) is 18.2 Å². The maximum absolute atomic E-state index is 12.5. The number of hydrogen-bond acceptors (Lipinski definition) is 8. The number of rotatable bonds is 8. The molecule has 0 radical (unpaired) electrons. The van der Waals surface area contributed by atoms with Gasteiger partial charge in [0.15, 0.2) is 11.5 Å². The summed E-state index contributed by atoms with van der Waals surface area (Å²) in [7, 11) is 2.80. The molecule has 1 aromatic heterocycles. The van der Waals surface area contributed by atoms with Crippen molar-refractivity contribution in [3.8, 4) is 11.5 Å². The lowest BCUT2D eigenvalue weighted by atomic mass is 10.1. The van der Waals surface area contributed by atoms with E-state index in [0.717, 1.165) is 35.3 Å². The maximum atomic E-state index is 12.5. The van der Waals surface area contributed by atoms with E-state index in [0.29, 0.717) is 38.4 Å². The first-order chi connectivity index (χ1) is 18.3. The first-order valence-corrected chi connectivity index (χ1v) is 12.9. The Morgan fingerprint density at radius 1 is 1.05 bits per heavy atom. The molecule has 0 saturated carbocycles. The minimum atomic E-state index is -0.972. The number of nitrogens with one attached hydrogen (secondary N) is 2. The summed E-state index contributed by atoms with van der Waals surface area (Å²) >= 11 is 7.48. The monoisotopic (exact) mass is 555 g/mol. The Bertz CT molecular complexity index is 1420. The number of hydrogen-bond donors (Lipinski definition) is 2. The Morgan fingerprint density at radius 3 is 2.58 bits per heavy atom. The minimum Gasteiger partial charge on any atom is -0.493 e. The topological polar surface area (TPSA) is 115 Å². The average molecular weight is 556 g/mol. The molecule has 1 aliphatic carbocycles. The fourth-order valence-corrected chi connectivity index (χ4v) is 5.47. The number of carbonyl (C=O) groups is 3. The van der Waals surface area contributed by atoms with Gasteiger partial charge in [-0.05, 0) is 56.0 Å². The molecule has 2 N–H and O–H groups in total. The van der Waals surface area contributed by atoms with Crippen LogP contribution in [0.4, 0.5) is 5.00 Å². The molecular weight excluding hydrogens is 530 g/mol. The SMILES string of the molecule is COC(=O)c1c(NC(=O)C(=O)NN=C(C)c2ccc(OCc3ccccc3Cl)c(OC)c2)sc2c1CCC2. The number of nitrogens with zero attached hydrogens (tertiary/aromatic N) is 1. The standard InChI is InChI=1S/C27H26ClN3O6S/c1-15(16-11-12-20(21(13-16)35-2)37-14-17-7-4-5-9-19(17)28)30-31-25(33)24(32)29-26-23(27(34)36-3)18-8-6-10-22(18)38-26/h4-5,7,9,11-13H,6,8,10,14H2,1-3H3,(H,29,32)(H,31,33). The van der Waals surface area contributed by atoms with Crippen LogP contribution in [0.3, 0.4) is 0 Å². The number of esters is 1. The summed E-state index contributed by atoms with van der Waals surface area (Å²) in [5.41, 5.74) is 5.37. The van der Waals surface area contributed by atoms with E-state index in [-0.39, 0.29) is 6.61 Å². The molecule has 1 heterocycles. The van der Waals surface area contributed by atoms with Gasteiger partial charge in [0.2, 0.25) is 0 Å². The summed E-state index contributed by atoms with van der Waals surface area (Å²) < 4.78 is 16.2. The van der Waals surface area contributed by atoms with Crippen LogP contribution < -0.4 is 20.2 Å². The Kier molecular flexibility index (Phi) is 8.65. The molecule has 2 amide bonds. The van der Waals surface area contributed by atoms with E-state index in [1.54, 1.807) is 31.2 Å². The van der Waals surface area contributed by atoms with E-state index >= 15 is 0 Å². The minimum absolute atomic E-state index is 0.262. The van der Waals surface area contributed by atoms with Crippen molar-refractivity contribution in [1.82, 2.24) is 5.43 Å². The van der Waals surface area contributed by atoms with Gasteiger partial charge < -0.3 is 19.5 Å². The highest BCUT2D eigenvalue weighted by Crippen LogP contribution is 2.39. The smallest absolute Gasteiger partial charge is 0.341 e. The second kappa shape index (κ2) is 12.1. The van der Waals surface area contributed by atoms with E-state index in [4.69, 9.17) is 25.8 Å². The van der Waals surface area contributed by atoms with Crippen molar-refractivity contribution in [2.24, 2.45) is 5.10 Å². The van der Waals surface area contributed by atoms with Gasteiger partial charge in [0, 0.05) is 21.0 Å². The molecule has 3 aromatic rings. The summed E-state index contributed by atoms with van der Waals surface area (Å²) in [6.45, 7) is 1.94. The van der Waals surface area contributed by atoms with Crippen LogP contribution in [-0.2, 0) is 33.8 Å². The Balaban J connectivity index is 1.41. The molecular formula is C27H26ClN3O6S. The largest absolute Gasteiger partial charge is 0.493 e. The Morgan fingerprint density at radius 2 is 1.84 bits per heavy atom. The molecule has 2 aromatic carbocycles. The molecule has 38 heavy (non-hydrogen) atoms. The van der Waals surface area contributed by atoms with E-state index in [9.17, 15) is 14.4 Å². The number of amides is 2. The lowest BCUT2D eigenvalue weighted by Gasteiger charge is -2.13. The van der Waals surface area contributed by atoms with Gasteiger partial charge >= 0.3 is 17.8 Å². The van der Waals surface area contributed by atoms with Crippen LogP contribution in [0.1, 0.15) is 45.3 Å². The van der Waals surface area contributed by atoms with Crippen molar-refractivity contribution in [1.29, 1.82) is 0 Å². The van der Waals surface area contributed by atoms with Crippen LogP contribution in [0.15, 0.2) is 47.6 Å². The van der Waals surface area contributed by atoms with Gasteiger partial charge in [-0.2, -0.15) is 5.10 Å². The molecule has 0 spiro atoms. The van der Waals surface area contributed by atoms with Gasteiger partial charge in [-0.25, -0.2) is 10.2 Å². The van der Waals surface area contributed by atoms with E-state index in [2.05, 4.69) is 15.8 Å². The summed E-state index contributed by atoms with van der Waals surface area (Å²) in [6, 6.07) is 12.6. The van der Waals surface area contributed by atoms with Crippen LogP contribution in [0.2, 0.25) is 5.02 Å². The third kappa shape index (κ3) is 5.98. The molecule has 0 atom stereocenters. The fourth-order valence-electron chi connectivity index (χ4n) is 4.00. The molecule has 0 aliphatic heterocycles. The van der Waals surface area contributed by atoms with Crippen molar-refractivity contribution in [3.05, 3.63) is 74.6 Å². The molecule has 198 valence electrons. The highest BCUT2D eigenvalue weighted by Gasteiger charge is 2.29. The zero-order valence-corrected chi connectivity index (χ0v) is 22.6. The number of anilines is 1. The van der Waals surface area contributed by atoms with Gasteiger partial charge in [-0.1, -0.05) is 29.8 Å². The number of thiophene rings is 1. The number of hydrazone groups is 1. The third-order valence-corrected chi connectivity index (χ3v) is 7.57. The lowest BCUT2D eigenvalue weighted by molar-refractivity contribution is -0.136. The Hall–Kier alpha value is -3.89. The molecule has 4 rings (SSSR count).